The summed E-state index contributed by atoms with van der Waals surface area (Å²) in [6, 6.07) is 0. The van der Waals surface area contributed by atoms with Crippen molar-refractivity contribution in [2.75, 3.05) is 26.4 Å². The van der Waals surface area contributed by atoms with Crippen LogP contribution in [0.4, 0.5) is 35.1 Å². The molecule has 0 rings (SSSR count). The first-order valence-corrected chi connectivity index (χ1v) is 13.5. The molecule has 0 bridgehead atoms. The molecule has 0 heterocycles. The van der Waals surface area contributed by atoms with E-state index in [9.17, 15) is 48.3 Å². The quantitative estimate of drug-likeness (QED) is 0.258. The van der Waals surface area contributed by atoms with Crippen molar-refractivity contribution >= 4 is 15.6 Å². The molecule has 12 heteroatoms. The molecule has 0 saturated heterocycles. The highest BCUT2D eigenvalue weighted by atomic mass is 32.2. The van der Waals surface area contributed by atoms with Crippen LogP contribution in [-0.2, 0) is 14.6 Å². The molecule has 0 amide bonds. The summed E-state index contributed by atoms with van der Waals surface area (Å²) in [5, 5.41) is 0. The Hall–Kier alpha value is -0.940. The second-order valence-corrected chi connectivity index (χ2v) is 11.6. The Bertz CT molecular complexity index is 483. The van der Waals surface area contributed by atoms with Gasteiger partial charge in [-0.1, -0.05) is 83.1 Å². The van der Waals surface area contributed by atoms with Crippen LogP contribution in [0.1, 0.15) is 118 Å². The lowest BCUT2D eigenvalue weighted by Crippen LogP contribution is -2.44. The number of Topliss-reactive ketones (excluding diaryl/α,β-unsaturated/α-hetero) is 1. The van der Waals surface area contributed by atoms with E-state index in [1.54, 1.807) is 0 Å². The third kappa shape index (κ3) is 140. The van der Waals surface area contributed by atoms with Gasteiger partial charge in [0.2, 0.25) is 0 Å². The Balaban J connectivity index is -0.0000000315. The Morgan fingerprint density at radius 2 is 0.684 bits per heavy atom. The molecular formula is C26H62F8O3S. The molecule has 0 radical (unpaired) electrons. The normalized spacial score (nSPS) is 9.79. The summed E-state index contributed by atoms with van der Waals surface area (Å²) in [4.78, 5) is 9.44. The van der Waals surface area contributed by atoms with Gasteiger partial charge in [-0.25, -0.2) is 8.42 Å². The molecule has 0 aromatic carbocycles. The van der Waals surface area contributed by atoms with Gasteiger partial charge in [0.15, 0.2) is 5.41 Å². The van der Waals surface area contributed by atoms with Gasteiger partial charge in [-0.3, -0.25) is 8.78 Å². The van der Waals surface area contributed by atoms with Crippen LogP contribution < -0.4 is 0 Å². The first kappa shape index (κ1) is 65.8. The summed E-state index contributed by atoms with van der Waals surface area (Å²) in [5.41, 5.74) is -3.12. The van der Waals surface area contributed by atoms with Crippen molar-refractivity contribution in [2.45, 2.75) is 130 Å². The topological polar surface area (TPSA) is 51.2 Å². The minimum Gasteiger partial charge on any atom is -0.300 e. The van der Waals surface area contributed by atoms with Crippen LogP contribution in [0.3, 0.4) is 0 Å². The maximum Gasteiger partial charge on any atom is 0.402 e. The van der Waals surface area contributed by atoms with E-state index in [0.29, 0.717) is 12.6 Å². The van der Waals surface area contributed by atoms with Gasteiger partial charge >= 0.3 is 12.4 Å². The highest BCUT2D eigenvalue weighted by molar-refractivity contribution is 7.89. The zero-order valence-corrected chi connectivity index (χ0v) is 26.1. The number of carbonyl (C=O) groups excluding carboxylic acids is 1. The fourth-order valence-corrected chi connectivity index (χ4v) is 0.161. The van der Waals surface area contributed by atoms with E-state index in [-0.39, 0.29) is 41.2 Å². The summed E-state index contributed by atoms with van der Waals surface area (Å²) in [6.07, 6.45) is -5.67. The first-order chi connectivity index (χ1) is 15.5. The Morgan fingerprint density at radius 1 is 0.632 bits per heavy atom. The number of halogens is 8. The number of hydrogen-bond donors (Lipinski definition) is 0. The molecule has 0 aromatic heterocycles. The van der Waals surface area contributed by atoms with Gasteiger partial charge in [0.05, 0.1) is 13.9 Å². The Labute approximate surface area is 231 Å². The van der Waals surface area contributed by atoms with Crippen molar-refractivity contribution in [3.63, 3.8) is 0 Å². The van der Waals surface area contributed by atoms with Crippen LogP contribution in [0.25, 0.3) is 0 Å². The predicted octanol–water partition coefficient (Wildman–Crippen LogP) is 11.1. The van der Waals surface area contributed by atoms with Crippen molar-refractivity contribution in [3.05, 3.63) is 0 Å². The van der Waals surface area contributed by atoms with E-state index in [1.807, 2.05) is 0 Å². The van der Waals surface area contributed by atoms with Gasteiger partial charge in [-0.05, 0) is 40.0 Å². The van der Waals surface area contributed by atoms with Gasteiger partial charge in [-0.2, -0.15) is 26.3 Å². The van der Waals surface area contributed by atoms with Gasteiger partial charge in [0, 0.05) is 12.5 Å². The molecule has 0 atom stereocenters. The monoisotopic (exact) mass is 606 g/mol. The molecule has 0 fully saturated rings. The molecule has 0 aliphatic rings. The summed E-state index contributed by atoms with van der Waals surface area (Å²) >= 11 is 0. The highest BCUT2D eigenvalue weighted by Gasteiger charge is 2.64. The van der Waals surface area contributed by atoms with Crippen LogP contribution in [-0.4, -0.2) is 52.9 Å². The average Bonchev–Trinajstić information content (AvgIpc) is 2.53. The second-order valence-electron chi connectivity index (χ2n) is 9.35. The van der Waals surface area contributed by atoms with E-state index < -0.39 is 27.6 Å². The molecule has 0 N–H and O–H groups in total. The first-order valence-electron chi connectivity index (χ1n) is 11.2. The van der Waals surface area contributed by atoms with Gasteiger partial charge in [0.25, 0.3) is 0 Å². The molecule has 246 valence electrons. The number of carbonyl (C=O) groups is 1. The van der Waals surface area contributed by atoms with Crippen molar-refractivity contribution in [1.82, 2.24) is 0 Å². The summed E-state index contributed by atoms with van der Waals surface area (Å²) in [6.45, 7) is 21.7. The molecule has 0 aromatic rings. The minimum atomic E-state index is -5.24. The number of hydrogen-bond acceptors (Lipinski definition) is 3. The predicted molar refractivity (Wildman–Crippen MR) is 152 cm³/mol. The van der Waals surface area contributed by atoms with Crippen LogP contribution >= 0.6 is 0 Å². The maximum atomic E-state index is 11.6. The fraction of sp³-hybridized carbons (Fsp3) is 0.962. The molecule has 0 spiro atoms. The third-order valence-electron chi connectivity index (χ3n) is 1.42. The highest BCUT2D eigenvalue weighted by Crippen LogP contribution is 2.49. The van der Waals surface area contributed by atoms with E-state index >= 15 is 0 Å². The van der Waals surface area contributed by atoms with E-state index in [2.05, 4.69) is 55.4 Å². The van der Waals surface area contributed by atoms with Gasteiger partial charge < -0.3 is 4.79 Å². The molecule has 0 saturated carbocycles. The second kappa shape index (κ2) is 36.1. The number of rotatable bonds is 0. The van der Waals surface area contributed by atoms with E-state index in [4.69, 9.17) is 0 Å². The van der Waals surface area contributed by atoms with E-state index in [1.165, 1.54) is 33.6 Å². The summed E-state index contributed by atoms with van der Waals surface area (Å²) < 4.78 is 109. The molecule has 38 heavy (non-hydrogen) atoms. The van der Waals surface area contributed by atoms with Crippen LogP contribution in [0.5, 0.6) is 0 Å². The molecule has 0 unspecified atom stereocenters. The van der Waals surface area contributed by atoms with Gasteiger partial charge in [-0.15, -0.1) is 0 Å². The van der Waals surface area contributed by atoms with Crippen LogP contribution in [0.2, 0.25) is 0 Å². The lowest BCUT2D eigenvalue weighted by Gasteiger charge is -2.29. The Morgan fingerprint density at radius 3 is 0.684 bits per heavy atom. The largest absolute Gasteiger partial charge is 0.402 e. The maximum absolute atomic E-state index is 11.6. The summed E-state index contributed by atoms with van der Waals surface area (Å²) in [5.74, 6) is 0.167. The number of ketones is 1. The smallest absolute Gasteiger partial charge is 0.300 e. The molecule has 0 aliphatic heterocycles. The lowest BCUT2D eigenvalue weighted by atomic mass is 9.92. The van der Waals surface area contributed by atoms with Crippen LogP contribution in [0.15, 0.2) is 0 Å². The SMILES string of the molecule is C.C.CC(C)(C(F)(F)F)C(F)(F)F.CC(C)(C)C.CC(C)=O.CCC.CCC.CCF.CF.CS(C)(=O)=O. The van der Waals surface area contributed by atoms with Crippen molar-refractivity contribution in [2.24, 2.45) is 10.8 Å². The van der Waals surface area contributed by atoms with Crippen LogP contribution in [0, 0.1) is 10.8 Å². The standard InChI is InChI=1S/C5H6F6.C5H12.C3H6O.2C3H8.C2H5F.C2H6O2S.CH3F.2CH4/c1-3(2,4(6,7)8)5(9,10)11;1-5(2,3)4;1-3(2)4;2*1-3-2;1-2-3;1-5(2,3)4;1-2;;/h1-2H3;1-4H3;1-2H3;2*3H2,1-2H3;2H2,1H3;1-2H3;1H3;2*1H4. The minimum absolute atomic E-state index is 0. The zero-order valence-electron chi connectivity index (χ0n) is 25.3. The average molecular weight is 607 g/mol. The van der Waals surface area contributed by atoms with Crippen molar-refractivity contribution in [3.8, 4) is 0 Å². The zero-order chi connectivity index (χ0) is 32.2. The van der Waals surface area contributed by atoms with Crippen molar-refractivity contribution in [1.29, 1.82) is 0 Å². The number of sulfone groups is 1. The summed E-state index contributed by atoms with van der Waals surface area (Å²) in [7, 11) is -2.17. The molecule has 0 aliphatic carbocycles. The fourth-order valence-electron chi connectivity index (χ4n) is 0.161. The Kier molecular flexibility index (Phi) is 62.5. The number of alkyl halides is 8. The molecule has 3 nitrogen and oxygen atoms in total. The van der Waals surface area contributed by atoms with Crippen molar-refractivity contribution < 1.29 is 48.3 Å². The van der Waals surface area contributed by atoms with E-state index in [0.717, 1.165) is 12.5 Å². The third-order valence-corrected chi connectivity index (χ3v) is 1.42. The molecular weight excluding hydrogens is 544 g/mol. The van der Waals surface area contributed by atoms with Gasteiger partial charge in [0.1, 0.15) is 15.6 Å². The lowest BCUT2D eigenvalue weighted by molar-refractivity contribution is -0.327.